The van der Waals surface area contributed by atoms with E-state index in [0.29, 0.717) is 22.0 Å². The molecular weight excluding hydrogens is 390 g/mol. The third-order valence-corrected chi connectivity index (χ3v) is 4.74. The fourth-order valence-corrected chi connectivity index (χ4v) is 2.93. The van der Waals surface area contributed by atoms with Gasteiger partial charge in [0.15, 0.2) is 6.10 Å². The Bertz CT molecular complexity index is 1010. The number of hydrogen-bond acceptors (Lipinski definition) is 3. The Morgan fingerprint density at radius 2 is 1.59 bits per heavy atom. The van der Waals surface area contributed by atoms with E-state index in [1.807, 2.05) is 26.0 Å². The number of halogens is 1. The molecule has 2 aromatic carbocycles. The first-order valence-corrected chi connectivity index (χ1v) is 9.51. The lowest BCUT2D eigenvalue weighted by Gasteiger charge is -2.16. The van der Waals surface area contributed by atoms with E-state index in [-0.39, 0.29) is 11.8 Å². The summed E-state index contributed by atoms with van der Waals surface area (Å²) in [6, 6.07) is 17.5. The molecule has 7 heteroatoms. The Hall–Kier alpha value is -3.25. The molecule has 3 aromatic rings. The minimum atomic E-state index is -0.740. The number of nitrogens with zero attached hydrogens (tertiary/aromatic N) is 1. The quantitative estimate of drug-likeness (QED) is 0.625. The molecule has 3 rings (SSSR count). The zero-order chi connectivity index (χ0) is 21.0. The first kappa shape index (κ1) is 20.5. The molecule has 0 aliphatic carbocycles. The van der Waals surface area contributed by atoms with Gasteiger partial charge < -0.3 is 10.1 Å². The van der Waals surface area contributed by atoms with Crippen molar-refractivity contribution in [2.24, 2.45) is 0 Å². The molecule has 29 heavy (non-hydrogen) atoms. The Labute approximate surface area is 174 Å². The van der Waals surface area contributed by atoms with Crippen LogP contribution in [0.5, 0.6) is 5.75 Å². The van der Waals surface area contributed by atoms with Crippen molar-refractivity contribution < 1.29 is 14.3 Å². The van der Waals surface area contributed by atoms with Gasteiger partial charge in [0.1, 0.15) is 5.75 Å². The Balaban J connectivity index is 1.60. The van der Waals surface area contributed by atoms with Crippen LogP contribution in [-0.2, 0) is 4.79 Å². The van der Waals surface area contributed by atoms with Crippen LogP contribution in [0.1, 0.15) is 28.7 Å². The van der Waals surface area contributed by atoms with Crippen molar-refractivity contribution in [3.05, 3.63) is 82.6 Å². The molecule has 0 bridgehead atoms. The number of aryl methyl sites for hydroxylation is 2. The second-order valence-corrected chi connectivity index (χ2v) is 7.05. The Morgan fingerprint density at radius 3 is 2.21 bits per heavy atom. The van der Waals surface area contributed by atoms with Gasteiger partial charge in [0.2, 0.25) is 0 Å². The van der Waals surface area contributed by atoms with E-state index >= 15 is 0 Å². The van der Waals surface area contributed by atoms with E-state index in [2.05, 4.69) is 10.7 Å². The average Bonchev–Trinajstić information content (AvgIpc) is 3.02. The second kappa shape index (κ2) is 8.84. The number of nitrogens with one attached hydrogen (secondary N) is 2. The first-order valence-electron chi connectivity index (χ1n) is 9.13. The van der Waals surface area contributed by atoms with Gasteiger partial charge in [0.25, 0.3) is 11.8 Å². The standard InChI is InChI=1S/C22H22ClN3O3/c1-14-8-9-15(2)26(14)25-22(28)17-10-12-18(13-11-17)29-16(3)21(27)24-20-7-5-4-6-19(20)23/h4-13,16H,1-3H3,(H,24,27)(H,25,28)/t16-/m1/s1. The lowest BCUT2D eigenvalue weighted by atomic mass is 10.2. The lowest BCUT2D eigenvalue weighted by molar-refractivity contribution is -0.122. The number of carbonyl (C=O) groups excluding carboxylic acids is 2. The van der Waals surface area contributed by atoms with Gasteiger partial charge in [-0.2, -0.15) is 0 Å². The van der Waals surface area contributed by atoms with Crippen LogP contribution in [0, 0.1) is 13.8 Å². The van der Waals surface area contributed by atoms with Crippen molar-refractivity contribution in [1.82, 2.24) is 4.68 Å². The summed E-state index contributed by atoms with van der Waals surface area (Å²) in [6.07, 6.45) is -0.740. The molecule has 0 spiro atoms. The molecule has 2 amide bonds. The maximum absolute atomic E-state index is 12.4. The van der Waals surface area contributed by atoms with E-state index in [0.717, 1.165) is 11.4 Å². The zero-order valence-corrected chi connectivity index (χ0v) is 17.2. The van der Waals surface area contributed by atoms with E-state index in [4.69, 9.17) is 16.3 Å². The monoisotopic (exact) mass is 411 g/mol. The van der Waals surface area contributed by atoms with Gasteiger partial charge in [-0.1, -0.05) is 23.7 Å². The summed E-state index contributed by atoms with van der Waals surface area (Å²) in [5, 5.41) is 3.19. The number of amides is 2. The van der Waals surface area contributed by atoms with Gasteiger partial charge in [0.05, 0.1) is 10.7 Å². The Kier molecular flexibility index (Phi) is 6.24. The normalized spacial score (nSPS) is 11.6. The third-order valence-electron chi connectivity index (χ3n) is 4.41. The molecule has 1 aromatic heterocycles. The minimum absolute atomic E-state index is 0.233. The number of aromatic nitrogens is 1. The molecule has 0 fully saturated rings. The van der Waals surface area contributed by atoms with Crippen LogP contribution in [0.2, 0.25) is 5.02 Å². The van der Waals surface area contributed by atoms with Crippen LogP contribution in [0.15, 0.2) is 60.7 Å². The van der Waals surface area contributed by atoms with Crippen LogP contribution in [0.25, 0.3) is 0 Å². The number of rotatable bonds is 6. The largest absolute Gasteiger partial charge is 0.481 e. The number of benzene rings is 2. The van der Waals surface area contributed by atoms with Gasteiger partial charge in [0, 0.05) is 17.0 Å². The topological polar surface area (TPSA) is 72.4 Å². The summed E-state index contributed by atoms with van der Waals surface area (Å²) < 4.78 is 7.41. The summed E-state index contributed by atoms with van der Waals surface area (Å²) in [6.45, 7) is 5.48. The molecule has 150 valence electrons. The number of anilines is 1. The molecule has 2 N–H and O–H groups in total. The number of carbonyl (C=O) groups is 2. The first-order chi connectivity index (χ1) is 13.8. The van der Waals surface area contributed by atoms with Crippen LogP contribution in [-0.4, -0.2) is 22.6 Å². The van der Waals surface area contributed by atoms with Crippen LogP contribution >= 0.6 is 11.6 Å². The predicted octanol–water partition coefficient (Wildman–Crippen LogP) is 4.55. The van der Waals surface area contributed by atoms with E-state index in [1.165, 1.54) is 0 Å². The highest BCUT2D eigenvalue weighted by Crippen LogP contribution is 2.21. The van der Waals surface area contributed by atoms with Crippen molar-refractivity contribution in [3.63, 3.8) is 0 Å². The van der Waals surface area contributed by atoms with Crippen molar-refractivity contribution in [2.45, 2.75) is 26.9 Å². The number of para-hydroxylation sites is 1. The molecule has 0 radical (unpaired) electrons. The molecule has 0 unspecified atom stereocenters. The second-order valence-electron chi connectivity index (χ2n) is 6.65. The smallest absolute Gasteiger partial charge is 0.270 e. The van der Waals surface area contributed by atoms with E-state index in [9.17, 15) is 9.59 Å². The van der Waals surface area contributed by atoms with Crippen LogP contribution in [0.4, 0.5) is 5.69 Å². The molecule has 0 aliphatic heterocycles. The molecular formula is C22H22ClN3O3. The van der Waals surface area contributed by atoms with Gasteiger partial charge in [-0.15, -0.1) is 0 Å². The fourth-order valence-electron chi connectivity index (χ4n) is 2.75. The predicted molar refractivity (Wildman–Crippen MR) is 114 cm³/mol. The van der Waals surface area contributed by atoms with Crippen molar-refractivity contribution in [3.8, 4) is 5.75 Å². The van der Waals surface area contributed by atoms with E-state index < -0.39 is 6.10 Å². The summed E-state index contributed by atoms with van der Waals surface area (Å²) >= 11 is 6.06. The summed E-state index contributed by atoms with van der Waals surface area (Å²) in [5.41, 5.74) is 5.73. The molecule has 0 saturated heterocycles. The lowest BCUT2D eigenvalue weighted by Crippen LogP contribution is -2.30. The number of hydrogen-bond donors (Lipinski definition) is 2. The highest BCUT2D eigenvalue weighted by Gasteiger charge is 2.16. The van der Waals surface area contributed by atoms with Crippen LogP contribution in [0.3, 0.4) is 0 Å². The van der Waals surface area contributed by atoms with Gasteiger partial charge in [-0.3, -0.25) is 19.7 Å². The SMILES string of the molecule is Cc1ccc(C)n1NC(=O)c1ccc(O[C@H](C)C(=O)Nc2ccccc2Cl)cc1. The molecule has 1 heterocycles. The fraction of sp³-hybridized carbons (Fsp3) is 0.182. The maximum Gasteiger partial charge on any atom is 0.270 e. The highest BCUT2D eigenvalue weighted by molar-refractivity contribution is 6.33. The summed E-state index contributed by atoms with van der Waals surface area (Å²) in [4.78, 5) is 24.8. The van der Waals surface area contributed by atoms with Crippen molar-refractivity contribution in [1.29, 1.82) is 0 Å². The Morgan fingerprint density at radius 1 is 0.966 bits per heavy atom. The molecule has 1 atom stereocenters. The minimum Gasteiger partial charge on any atom is -0.481 e. The summed E-state index contributed by atoms with van der Waals surface area (Å²) in [7, 11) is 0. The van der Waals surface area contributed by atoms with Crippen LogP contribution < -0.4 is 15.5 Å². The maximum atomic E-state index is 12.4. The van der Waals surface area contributed by atoms with Gasteiger partial charge >= 0.3 is 0 Å². The third kappa shape index (κ3) is 4.97. The summed E-state index contributed by atoms with van der Waals surface area (Å²) in [5.74, 6) is -0.0707. The highest BCUT2D eigenvalue weighted by atomic mass is 35.5. The number of ether oxygens (including phenoxy) is 1. The van der Waals surface area contributed by atoms with Gasteiger partial charge in [-0.05, 0) is 69.3 Å². The molecule has 6 nitrogen and oxygen atoms in total. The van der Waals surface area contributed by atoms with E-state index in [1.54, 1.807) is 60.1 Å². The zero-order valence-electron chi connectivity index (χ0n) is 16.4. The van der Waals surface area contributed by atoms with Gasteiger partial charge in [-0.25, -0.2) is 0 Å². The van der Waals surface area contributed by atoms with Crippen molar-refractivity contribution in [2.75, 3.05) is 10.7 Å². The molecule has 0 aliphatic rings. The molecule has 0 saturated carbocycles. The average molecular weight is 412 g/mol. The van der Waals surface area contributed by atoms with Crippen molar-refractivity contribution >= 4 is 29.1 Å².